The molecule has 0 spiro atoms. The van der Waals surface area contributed by atoms with E-state index in [1.807, 2.05) is 26.0 Å². The summed E-state index contributed by atoms with van der Waals surface area (Å²) in [5.74, 6) is -0.364. The van der Waals surface area contributed by atoms with Crippen LogP contribution in [0.2, 0.25) is 0 Å². The molecule has 0 heterocycles. The van der Waals surface area contributed by atoms with Crippen LogP contribution in [0.1, 0.15) is 32.6 Å². The van der Waals surface area contributed by atoms with E-state index in [1.54, 1.807) is 13.0 Å². The van der Waals surface area contributed by atoms with Gasteiger partial charge in [-0.05, 0) is 67.8 Å². The molecule has 0 aliphatic carbocycles. The summed E-state index contributed by atoms with van der Waals surface area (Å²) in [7, 11) is 0. The molecule has 98 valence electrons. The first-order valence-electron chi connectivity index (χ1n) is 5.97. The van der Waals surface area contributed by atoms with Gasteiger partial charge in [0.2, 0.25) is 0 Å². The van der Waals surface area contributed by atoms with Crippen LogP contribution in [0.5, 0.6) is 0 Å². The molecule has 0 atom stereocenters. The Balaban J connectivity index is 2.49. The predicted octanol–water partition coefficient (Wildman–Crippen LogP) is 4.74. The molecule has 0 fully saturated rings. The highest BCUT2D eigenvalue weighted by Crippen LogP contribution is 2.23. The number of benzene rings is 2. The molecule has 0 saturated heterocycles. The Kier molecular flexibility index (Phi) is 3.85. The zero-order valence-corrected chi connectivity index (χ0v) is 12.6. The topological polar surface area (TPSA) is 17.1 Å². The molecule has 19 heavy (non-hydrogen) atoms. The summed E-state index contributed by atoms with van der Waals surface area (Å²) >= 11 is 3.45. The Bertz CT molecular complexity index is 662. The maximum Gasteiger partial charge on any atom is 0.193 e. The van der Waals surface area contributed by atoms with Crippen molar-refractivity contribution in [2.75, 3.05) is 0 Å². The van der Waals surface area contributed by atoms with Crippen LogP contribution in [-0.2, 0) is 0 Å². The summed E-state index contributed by atoms with van der Waals surface area (Å²) in [4.78, 5) is 12.5. The highest BCUT2D eigenvalue weighted by Gasteiger charge is 2.14. The molecule has 2 rings (SSSR count). The summed E-state index contributed by atoms with van der Waals surface area (Å²) in [6, 6.07) is 8.25. The first kappa shape index (κ1) is 13.9. The third-order valence-corrected chi connectivity index (χ3v) is 4.02. The van der Waals surface area contributed by atoms with E-state index in [0.717, 1.165) is 15.6 Å². The van der Waals surface area contributed by atoms with Gasteiger partial charge in [-0.3, -0.25) is 4.79 Å². The molecule has 2 aromatic rings. The van der Waals surface area contributed by atoms with E-state index < -0.39 is 0 Å². The minimum atomic E-state index is -0.291. The zero-order chi connectivity index (χ0) is 14.2. The van der Waals surface area contributed by atoms with E-state index in [0.29, 0.717) is 16.7 Å². The number of carbonyl (C=O) groups is 1. The van der Waals surface area contributed by atoms with E-state index in [-0.39, 0.29) is 11.6 Å². The van der Waals surface area contributed by atoms with Gasteiger partial charge in [0.25, 0.3) is 0 Å². The van der Waals surface area contributed by atoms with E-state index in [2.05, 4.69) is 15.9 Å². The quantitative estimate of drug-likeness (QED) is 0.730. The minimum absolute atomic E-state index is 0.0730. The number of hydrogen-bond donors (Lipinski definition) is 0. The number of carbonyl (C=O) groups excluding carboxylic acids is 1. The Labute approximate surface area is 120 Å². The molecule has 2 aromatic carbocycles. The molecule has 1 nitrogen and oxygen atoms in total. The van der Waals surface area contributed by atoms with Crippen molar-refractivity contribution < 1.29 is 9.18 Å². The van der Waals surface area contributed by atoms with Gasteiger partial charge in [-0.2, -0.15) is 0 Å². The van der Waals surface area contributed by atoms with Crippen molar-refractivity contribution in [3.63, 3.8) is 0 Å². The SMILES string of the molecule is Cc1cc(C(=O)c2cc(C)c(Br)cc2C)ccc1F. The molecule has 0 bridgehead atoms. The van der Waals surface area contributed by atoms with Crippen molar-refractivity contribution >= 4 is 21.7 Å². The second-order valence-corrected chi connectivity index (χ2v) is 5.56. The molecular formula is C16H14BrFO. The molecule has 0 radical (unpaired) electrons. The van der Waals surface area contributed by atoms with Gasteiger partial charge in [-0.1, -0.05) is 15.9 Å². The lowest BCUT2D eigenvalue weighted by Crippen LogP contribution is -2.05. The monoisotopic (exact) mass is 320 g/mol. The second-order valence-electron chi connectivity index (χ2n) is 4.71. The number of rotatable bonds is 2. The maximum absolute atomic E-state index is 13.2. The van der Waals surface area contributed by atoms with Gasteiger partial charge in [-0.15, -0.1) is 0 Å². The summed E-state index contributed by atoms with van der Waals surface area (Å²) in [6.45, 7) is 5.50. The highest BCUT2D eigenvalue weighted by atomic mass is 79.9. The lowest BCUT2D eigenvalue weighted by Gasteiger charge is -2.09. The molecular weight excluding hydrogens is 307 g/mol. The summed E-state index contributed by atoms with van der Waals surface area (Å²) in [5.41, 5.74) is 3.57. The summed E-state index contributed by atoms with van der Waals surface area (Å²) in [6.07, 6.45) is 0. The predicted molar refractivity (Wildman–Crippen MR) is 78.2 cm³/mol. The van der Waals surface area contributed by atoms with Crippen LogP contribution in [0, 0.1) is 26.6 Å². The fraction of sp³-hybridized carbons (Fsp3) is 0.188. The van der Waals surface area contributed by atoms with Gasteiger partial charge < -0.3 is 0 Å². The molecule has 3 heteroatoms. The van der Waals surface area contributed by atoms with E-state index in [9.17, 15) is 9.18 Å². The third kappa shape index (κ3) is 2.76. The van der Waals surface area contributed by atoms with Crippen molar-refractivity contribution in [1.82, 2.24) is 0 Å². The van der Waals surface area contributed by atoms with Crippen LogP contribution in [0.15, 0.2) is 34.8 Å². The number of aryl methyl sites for hydroxylation is 3. The maximum atomic E-state index is 13.2. The van der Waals surface area contributed by atoms with Crippen molar-refractivity contribution in [3.05, 3.63) is 68.4 Å². The van der Waals surface area contributed by atoms with Gasteiger partial charge in [0.15, 0.2) is 5.78 Å². The van der Waals surface area contributed by atoms with Gasteiger partial charge in [0.05, 0.1) is 0 Å². The first-order chi connectivity index (χ1) is 8.90. The van der Waals surface area contributed by atoms with E-state index >= 15 is 0 Å². The fourth-order valence-corrected chi connectivity index (χ4v) is 2.42. The van der Waals surface area contributed by atoms with Crippen molar-refractivity contribution in [2.45, 2.75) is 20.8 Å². The molecule has 0 aliphatic heterocycles. The fourth-order valence-electron chi connectivity index (χ4n) is 1.97. The first-order valence-corrected chi connectivity index (χ1v) is 6.77. The normalized spacial score (nSPS) is 10.6. The average molecular weight is 321 g/mol. The summed E-state index contributed by atoms with van der Waals surface area (Å²) in [5, 5.41) is 0. The number of hydrogen-bond acceptors (Lipinski definition) is 1. The smallest absolute Gasteiger partial charge is 0.193 e. The second kappa shape index (κ2) is 5.25. The Hall–Kier alpha value is -1.48. The van der Waals surface area contributed by atoms with Crippen LogP contribution < -0.4 is 0 Å². The molecule has 0 aromatic heterocycles. The van der Waals surface area contributed by atoms with Crippen LogP contribution in [0.25, 0.3) is 0 Å². The van der Waals surface area contributed by atoms with Gasteiger partial charge in [0.1, 0.15) is 5.82 Å². The van der Waals surface area contributed by atoms with Crippen LogP contribution in [0.3, 0.4) is 0 Å². The van der Waals surface area contributed by atoms with Crippen molar-refractivity contribution in [2.24, 2.45) is 0 Å². The minimum Gasteiger partial charge on any atom is -0.289 e. The molecule has 0 unspecified atom stereocenters. The van der Waals surface area contributed by atoms with Gasteiger partial charge in [-0.25, -0.2) is 4.39 Å². The largest absolute Gasteiger partial charge is 0.289 e. The lowest BCUT2D eigenvalue weighted by atomic mass is 9.96. The van der Waals surface area contributed by atoms with Gasteiger partial charge >= 0.3 is 0 Å². The molecule has 0 N–H and O–H groups in total. The molecule has 0 saturated carbocycles. The molecule has 0 amide bonds. The lowest BCUT2D eigenvalue weighted by molar-refractivity contribution is 0.103. The van der Waals surface area contributed by atoms with Crippen LogP contribution >= 0.6 is 15.9 Å². The van der Waals surface area contributed by atoms with E-state index in [4.69, 9.17) is 0 Å². The third-order valence-electron chi connectivity index (χ3n) is 3.17. The Morgan fingerprint density at radius 3 is 2.32 bits per heavy atom. The van der Waals surface area contributed by atoms with Crippen LogP contribution in [0.4, 0.5) is 4.39 Å². The number of ketones is 1. The summed E-state index contributed by atoms with van der Waals surface area (Å²) < 4.78 is 14.2. The van der Waals surface area contributed by atoms with Gasteiger partial charge in [0, 0.05) is 15.6 Å². The molecule has 0 aliphatic rings. The zero-order valence-electron chi connectivity index (χ0n) is 11.1. The highest BCUT2D eigenvalue weighted by molar-refractivity contribution is 9.10. The number of halogens is 2. The van der Waals surface area contributed by atoms with Crippen LogP contribution in [-0.4, -0.2) is 5.78 Å². The van der Waals surface area contributed by atoms with Crippen molar-refractivity contribution in [3.8, 4) is 0 Å². The standard InChI is InChI=1S/C16H14BrFO/c1-9-8-14(17)10(2)7-13(9)16(19)12-4-5-15(18)11(3)6-12/h4-8H,1-3H3. The Morgan fingerprint density at radius 2 is 1.68 bits per heavy atom. The Morgan fingerprint density at radius 1 is 1.00 bits per heavy atom. The van der Waals surface area contributed by atoms with E-state index in [1.165, 1.54) is 12.1 Å². The van der Waals surface area contributed by atoms with Crippen molar-refractivity contribution in [1.29, 1.82) is 0 Å². The average Bonchev–Trinajstić information content (AvgIpc) is 2.36.